The highest BCUT2D eigenvalue weighted by molar-refractivity contribution is 7.98. The average Bonchev–Trinajstić information content (AvgIpc) is 3.05. The summed E-state index contributed by atoms with van der Waals surface area (Å²) in [5, 5.41) is 6.47. The molecule has 0 bridgehead atoms. The molecule has 5 nitrogen and oxygen atoms in total. The number of aromatic amines is 1. The number of nitrogens with one attached hydrogen (secondary N) is 1. The number of aryl methyl sites for hydroxylation is 1. The first-order chi connectivity index (χ1) is 13.0. The molecular weight excluding hydrogens is 403 g/mol. The zero-order valence-corrected chi connectivity index (χ0v) is 16.6. The molecule has 0 aliphatic rings. The summed E-state index contributed by atoms with van der Waals surface area (Å²) in [6.07, 6.45) is 1.54. The van der Waals surface area contributed by atoms with Gasteiger partial charge >= 0.3 is 0 Å². The van der Waals surface area contributed by atoms with E-state index in [2.05, 4.69) is 15.1 Å². The SMILES string of the molecule is Cc1cccc(-n2ncc3c(=O)[nH]c(SCc4ccc(Cl)cc4Cl)nc32)c1. The highest BCUT2D eigenvalue weighted by atomic mass is 35.5. The van der Waals surface area contributed by atoms with Crippen LogP contribution in [0.15, 0.2) is 58.6 Å². The van der Waals surface area contributed by atoms with Gasteiger partial charge in [0.25, 0.3) is 5.56 Å². The molecule has 27 heavy (non-hydrogen) atoms. The number of fused-ring (bicyclic) bond motifs is 1. The van der Waals surface area contributed by atoms with Gasteiger partial charge in [-0.25, -0.2) is 9.67 Å². The Morgan fingerprint density at radius 2 is 2.04 bits per heavy atom. The quantitative estimate of drug-likeness (QED) is 0.374. The van der Waals surface area contributed by atoms with Gasteiger partial charge in [0.05, 0.1) is 11.9 Å². The van der Waals surface area contributed by atoms with E-state index in [1.54, 1.807) is 16.8 Å². The van der Waals surface area contributed by atoms with E-state index in [1.807, 2.05) is 37.3 Å². The molecule has 136 valence electrons. The van der Waals surface area contributed by atoms with E-state index in [1.165, 1.54) is 18.0 Å². The number of aromatic nitrogens is 4. The Labute approximate surface area is 169 Å². The predicted octanol–water partition coefficient (Wildman–Crippen LogP) is 5.02. The molecule has 0 unspecified atom stereocenters. The monoisotopic (exact) mass is 416 g/mol. The summed E-state index contributed by atoms with van der Waals surface area (Å²) in [6.45, 7) is 2.01. The average molecular weight is 417 g/mol. The van der Waals surface area contributed by atoms with Crippen molar-refractivity contribution in [3.05, 3.63) is 80.2 Å². The van der Waals surface area contributed by atoms with Crippen molar-refractivity contribution in [1.82, 2.24) is 19.7 Å². The van der Waals surface area contributed by atoms with E-state index in [0.29, 0.717) is 32.0 Å². The predicted molar refractivity (Wildman–Crippen MR) is 110 cm³/mol. The molecule has 2 aromatic carbocycles. The second kappa shape index (κ2) is 7.38. The van der Waals surface area contributed by atoms with Crippen molar-refractivity contribution in [3.8, 4) is 5.69 Å². The van der Waals surface area contributed by atoms with Gasteiger partial charge in [0, 0.05) is 15.8 Å². The van der Waals surface area contributed by atoms with E-state index in [-0.39, 0.29) is 5.56 Å². The Kier molecular flexibility index (Phi) is 4.95. The second-order valence-electron chi connectivity index (χ2n) is 6.03. The van der Waals surface area contributed by atoms with E-state index in [9.17, 15) is 4.79 Å². The van der Waals surface area contributed by atoms with Gasteiger partial charge in [-0.3, -0.25) is 4.79 Å². The maximum absolute atomic E-state index is 12.4. The first-order valence-corrected chi connectivity index (χ1v) is 9.87. The largest absolute Gasteiger partial charge is 0.301 e. The van der Waals surface area contributed by atoms with Crippen molar-refractivity contribution in [1.29, 1.82) is 0 Å². The zero-order valence-electron chi connectivity index (χ0n) is 14.2. The number of rotatable bonds is 4. The summed E-state index contributed by atoms with van der Waals surface area (Å²) in [4.78, 5) is 19.8. The molecular formula is C19H14Cl2N4OS. The number of halogens is 2. The lowest BCUT2D eigenvalue weighted by atomic mass is 10.2. The Bertz CT molecular complexity index is 1200. The van der Waals surface area contributed by atoms with Crippen LogP contribution in [0.5, 0.6) is 0 Å². The number of hydrogen-bond donors (Lipinski definition) is 1. The molecule has 0 radical (unpaired) electrons. The zero-order chi connectivity index (χ0) is 19.0. The van der Waals surface area contributed by atoms with Crippen LogP contribution >= 0.6 is 35.0 Å². The number of hydrogen-bond acceptors (Lipinski definition) is 4. The van der Waals surface area contributed by atoms with Gasteiger partial charge in [-0.1, -0.05) is 53.2 Å². The van der Waals surface area contributed by atoms with Gasteiger partial charge in [0.2, 0.25) is 0 Å². The Balaban J connectivity index is 1.70. The highest BCUT2D eigenvalue weighted by Crippen LogP contribution is 2.27. The number of thioether (sulfide) groups is 1. The van der Waals surface area contributed by atoms with E-state index >= 15 is 0 Å². The molecule has 0 aliphatic heterocycles. The summed E-state index contributed by atoms with van der Waals surface area (Å²) >= 11 is 13.6. The van der Waals surface area contributed by atoms with Gasteiger partial charge in [0.1, 0.15) is 5.39 Å². The molecule has 0 fully saturated rings. The third-order valence-corrected chi connectivity index (χ3v) is 5.55. The Morgan fingerprint density at radius 3 is 2.81 bits per heavy atom. The van der Waals surface area contributed by atoms with Crippen LogP contribution in [0.3, 0.4) is 0 Å². The molecule has 4 aromatic rings. The lowest BCUT2D eigenvalue weighted by Crippen LogP contribution is -2.09. The Morgan fingerprint density at radius 1 is 1.19 bits per heavy atom. The van der Waals surface area contributed by atoms with Crippen molar-refractivity contribution >= 4 is 46.0 Å². The van der Waals surface area contributed by atoms with Crippen LogP contribution in [-0.2, 0) is 5.75 Å². The minimum atomic E-state index is -0.219. The molecule has 2 aromatic heterocycles. The summed E-state index contributed by atoms with van der Waals surface area (Å²) < 4.78 is 1.68. The van der Waals surface area contributed by atoms with Crippen molar-refractivity contribution in [2.24, 2.45) is 0 Å². The third kappa shape index (κ3) is 3.74. The highest BCUT2D eigenvalue weighted by Gasteiger charge is 2.12. The van der Waals surface area contributed by atoms with Crippen LogP contribution in [0.2, 0.25) is 10.0 Å². The fourth-order valence-electron chi connectivity index (χ4n) is 2.70. The van der Waals surface area contributed by atoms with Gasteiger partial charge in [-0.2, -0.15) is 5.10 Å². The van der Waals surface area contributed by atoms with Gasteiger partial charge in [-0.05, 0) is 42.3 Å². The summed E-state index contributed by atoms with van der Waals surface area (Å²) in [7, 11) is 0. The molecule has 0 amide bonds. The maximum Gasteiger partial charge on any atom is 0.262 e. The van der Waals surface area contributed by atoms with Crippen molar-refractivity contribution in [3.63, 3.8) is 0 Å². The van der Waals surface area contributed by atoms with Crippen LogP contribution in [0.1, 0.15) is 11.1 Å². The van der Waals surface area contributed by atoms with E-state index in [0.717, 1.165) is 16.8 Å². The smallest absolute Gasteiger partial charge is 0.262 e. The molecule has 8 heteroatoms. The lowest BCUT2D eigenvalue weighted by molar-refractivity contribution is 0.872. The molecule has 0 atom stereocenters. The van der Waals surface area contributed by atoms with Crippen LogP contribution < -0.4 is 5.56 Å². The van der Waals surface area contributed by atoms with Crippen LogP contribution in [0.4, 0.5) is 0 Å². The molecule has 0 saturated heterocycles. The fourth-order valence-corrected chi connectivity index (χ4v) is 4.11. The molecule has 0 saturated carbocycles. The standard InChI is InChI=1S/C19H14Cl2N4OS/c1-11-3-2-4-14(7-11)25-17-15(9-22-25)18(26)24-19(23-17)27-10-12-5-6-13(20)8-16(12)21/h2-9H,10H2,1H3,(H,23,24,26). The van der Waals surface area contributed by atoms with Crippen LogP contribution in [0.25, 0.3) is 16.7 Å². The van der Waals surface area contributed by atoms with Gasteiger partial charge < -0.3 is 4.98 Å². The van der Waals surface area contributed by atoms with Crippen LogP contribution in [-0.4, -0.2) is 19.7 Å². The third-order valence-electron chi connectivity index (χ3n) is 4.04. The van der Waals surface area contributed by atoms with Crippen molar-refractivity contribution < 1.29 is 0 Å². The number of H-pyrrole nitrogens is 1. The Hall–Kier alpha value is -2.28. The second-order valence-corrected chi connectivity index (χ2v) is 7.84. The molecule has 4 rings (SSSR count). The van der Waals surface area contributed by atoms with Crippen LogP contribution in [0, 0.1) is 6.92 Å². The topological polar surface area (TPSA) is 63.6 Å². The normalized spacial score (nSPS) is 11.2. The number of benzene rings is 2. The van der Waals surface area contributed by atoms with E-state index in [4.69, 9.17) is 23.2 Å². The maximum atomic E-state index is 12.4. The van der Waals surface area contributed by atoms with Crippen molar-refractivity contribution in [2.75, 3.05) is 0 Å². The molecule has 0 spiro atoms. The first kappa shape index (κ1) is 18.1. The fraction of sp³-hybridized carbons (Fsp3) is 0.105. The van der Waals surface area contributed by atoms with Crippen molar-refractivity contribution in [2.45, 2.75) is 17.8 Å². The molecule has 1 N–H and O–H groups in total. The first-order valence-electron chi connectivity index (χ1n) is 8.13. The summed E-state index contributed by atoms with van der Waals surface area (Å²) in [6, 6.07) is 13.2. The minimum Gasteiger partial charge on any atom is -0.301 e. The summed E-state index contributed by atoms with van der Waals surface area (Å²) in [5.41, 5.74) is 3.19. The number of nitrogens with zero attached hydrogens (tertiary/aromatic N) is 3. The molecule has 2 heterocycles. The van der Waals surface area contributed by atoms with E-state index < -0.39 is 0 Å². The lowest BCUT2D eigenvalue weighted by Gasteiger charge is -2.06. The summed E-state index contributed by atoms with van der Waals surface area (Å²) in [5.74, 6) is 0.559. The minimum absolute atomic E-state index is 0.219. The molecule has 0 aliphatic carbocycles. The van der Waals surface area contributed by atoms with Gasteiger partial charge in [0.15, 0.2) is 10.8 Å². The van der Waals surface area contributed by atoms with Gasteiger partial charge in [-0.15, -0.1) is 0 Å².